The SMILES string of the molecule is CC1(C)CCCC(Nc2nc(Cl)nc3nc[nH]c23)C1. The van der Waals surface area contributed by atoms with Crippen LogP contribution in [0.3, 0.4) is 0 Å². The molecule has 2 aromatic heterocycles. The summed E-state index contributed by atoms with van der Waals surface area (Å²) in [6.07, 6.45) is 6.46. The number of rotatable bonds is 2. The summed E-state index contributed by atoms with van der Waals surface area (Å²) in [5.74, 6) is 0.759. The van der Waals surface area contributed by atoms with Crippen LogP contribution < -0.4 is 5.32 Å². The Hall–Kier alpha value is -1.36. The standard InChI is InChI=1S/C13H18ClN5/c1-13(2)5-3-4-8(6-13)17-11-9-10(16-7-15-9)18-12(14)19-11/h7-8H,3-6H2,1-2H3,(H2,15,16,17,18,19). The summed E-state index contributed by atoms with van der Waals surface area (Å²) >= 11 is 5.94. The van der Waals surface area contributed by atoms with E-state index in [9.17, 15) is 0 Å². The second-order valence-corrected chi connectivity index (χ2v) is 6.38. The van der Waals surface area contributed by atoms with Gasteiger partial charge in [0.2, 0.25) is 5.28 Å². The van der Waals surface area contributed by atoms with Gasteiger partial charge in [-0.15, -0.1) is 0 Å². The summed E-state index contributed by atoms with van der Waals surface area (Å²) in [6.45, 7) is 4.64. The van der Waals surface area contributed by atoms with Crippen molar-refractivity contribution in [1.29, 1.82) is 0 Å². The fraction of sp³-hybridized carbons (Fsp3) is 0.615. The first kappa shape index (κ1) is 12.7. The van der Waals surface area contributed by atoms with Crippen LogP contribution in [0.25, 0.3) is 11.2 Å². The van der Waals surface area contributed by atoms with E-state index in [1.165, 1.54) is 19.3 Å². The van der Waals surface area contributed by atoms with Crippen LogP contribution in [0.4, 0.5) is 5.82 Å². The smallest absolute Gasteiger partial charge is 0.226 e. The molecule has 5 nitrogen and oxygen atoms in total. The molecule has 1 aliphatic rings. The molecule has 0 amide bonds. The van der Waals surface area contributed by atoms with E-state index >= 15 is 0 Å². The minimum atomic E-state index is 0.233. The first-order chi connectivity index (χ1) is 9.03. The zero-order chi connectivity index (χ0) is 13.5. The monoisotopic (exact) mass is 279 g/mol. The van der Waals surface area contributed by atoms with Gasteiger partial charge in [-0.3, -0.25) is 0 Å². The molecule has 2 aromatic rings. The van der Waals surface area contributed by atoms with Gasteiger partial charge in [0.1, 0.15) is 5.52 Å². The lowest BCUT2D eigenvalue weighted by Gasteiger charge is -2.35. The molecule has 0 saturated heterocycles. The van der Waals surface area contributed by atoms with E-state index in [4.69, 9.17) is 11.6 Å². The molecule has 0 bridgehead atoms. The number of halogens is 1. The van der Waals surface area contributed by atoms with Crippen LogP contribution in [-0.4, -0.2) is 26.0 Å². The van der Waals surface area contributed by atoms with Gasteiger partial charge in [0.25, 0.3) is 0 Å². The van der Waals surface area contributed by atoms with Gasteiger partial charge in [-0.25, -0.2) is 4.98 Å². The number of imidazole rings is 1. The number of hydrogen-bond acceptors (Lipinski definition) is 4. The van der Waals surface area contributed by atoms with Gasteiger partial charge < -0.3 is 10.3 Å². The van der Waals surface area contributed by atoms with Crippen molar-refractivity contribution < 1.29 is 0 Å². The minimum absolute atomic E-state index is 0.233. The molecule has 1 aliphatic carbocycles. The van der Waals surface area contributed by atoms with Crippen molar-refractivity contribution in [1.82, 2.24) is 19.9 Å². The van der Waals surface area contributed by atoms with Gasteiger partial charge in [-0.05, 0) is 36.3 Å². The van der Waals surface area contributed by atoms with Gasteiger partial charge in [0, 0.05) is 6.04 Å². The summed E-state index contributed by atoms with van der Waals surface area (Å²) in [7, 11) is 0. The van der Waals surface area contributed by atoms with E-state index in [1.54, 1.807) is 6.33 Å². The van der Waals surface area contributed by atoms with Crippen LogP contribution >= 0.6 is 11.6 Å². The summed E-state index contributed by atoms with van der Waals surface area (Å²) in [4.78, 5) is 15.6. The Balaban J connectivity index is 1.86. The highest BCUT2D eigenvalue weighted by Crippen LogP contribution is 2.36. The van der Waals surface area contributed by atoms with Crippen LogP contribution in [0, 0.1) is 5.41 Å². The fourth-order valence-electron chi connectivity index (χ4n) is 2.93. The van der Waals surface area contributed by atoms with Gasteiger partial charge >= 0.3 is 0 Å². The van der Waals surface area contributed by atoms with Gasteiger partial charge in [-0.1, -0.05) is 20.3 Å². The highest BCUT2D eigenvalue weighted by atomic mass is 35.5. The lowest BCUT2D eigenvalue weighted by molar-refractivity contribution is 0.229. The third-order valence-corrected chi connectivity index (χ3v) is 3.97. The van der Waals surface area contributed by atoms with Gasteiger partial charge in [0.05, 0.1) is 6.33 Å². The molecule has 0 spiro atoms. The molecule has 2 N–H and O–H groups in total. The summed E-state index contributed by atoms with van der Waals surface area (Å²) < 4.78 is 0. The van der Waals surface area contributed by atoms with E-state index in [2.05, 4.69) is 39.1 Å². The number of fused-ring (bicyclic) bond motifs is 1. The number of hydrogen-bond donors (Lipinski definition) is 2. The Morgan fingerprint density at radius 1 is 1.42 bits per heavy atom. The molecule has 0 aliphatic heterocycles. The van der Waals surface area contributed by atoms with E-state index in [0.29, 0.717) is 17.1 Å². The van der Waals surface area contributed by atoms with Crippen LogP contribution in [0.1, 0.15) is 39.5 Å². The minimum Gasteiger partial charge on any atom is -0.365 e. The third kappa shape index (κ3) is 2.66. The Labute approximate surface area is 117 Å². The molecule has 1 fully saturated rings. The molecule has 0 aromatic carbocycles. The Kier molecular flexibility index (Phi) is 3.09. The Morgan fingerprint density at radius 3 is 3.05 bits per heavy atom. The first-order valence-electron chi connectivity index (χ1n) is 6.67. The average Bonchev–Trinajstić information content (AvgIpc) is 2.75. The molecule has 2 heterocycles. The molecule has 1 atom stereocenters. The maximum Gasteiger partial charge on any atom is 0.226 e. The number of nitrogens with one attached hydrogen (secondary N) is 2. The van der Waals surface area contributed by atoms with Crippen molar-refractivity contribution in [2.24, 2.45) is 5.41 Å². The summed E-state index contributed by atoms with van der Waals surface area (Å²) in [5.41, 5.74) is 1.82. The highest BCUT2D eigenvalue weighted by Gasteiger charge is 2.28. The molecule has 1 unspecified atom stereocenters. The molecule has 3 rings (SSSR count). The number of nitrogens with zero attached hydrogens (tertiary/aromatic N) is 3. The molecule has 19 heavy (non-hydrogen) atoms. The predicted octanol–water partition coefficient (Wildman–Crippen LogP) is 3.39. The molecule has 0 radical (unpaired) electrons. The zero-order valence-corrected chi connectivity index (χ0v) is 12.0. The van der Waals surface area contributed by atoms with Gasteiger partial charge in [0.15, 0.2) is 11.5 Å². The van der Waals surface area contributed by atoms with Crippen LogP contribution in [0.5, 0.6) is 0 Å². The lowest BCUT2D eigenvalue weighted by Crippen LogP contribution is -2.32. The maximum atomic E-state index is 5.94. The van der Waals surface area contributed by atoms with E-state index < -0.39 is 0 Å². The van der Waals surface area contributed by atoms with Crippen molar-refractivity contribution in [2.45, 2.75) is 45.6 Å². The number of H-pyrrole nitrogens is 1. The molecular formula is C13H18ClN5. The normalized spacial score (nSPS) is 22.6. The quantitative estimate of drug-likeness (QED) is 0.827. The number of aromatic amines is 1. The number of anilines is 1. The number of aromatic nitrogens is 4. The third-order valence-electron chi connectivity index (χ3n) is 3.80. The zero-order valence-electron chi connectivity index (χ0n) is 11.2. The van der Waals surface area contributed by atoms with E-state index in [0.717, 1.165) is 17.8 Å². The lowest BCUT2D eigenvalue weighted by atomic mass is 9.75. The predicted molar refractivity (Wildman–Crippen MR) is 76.4 cm³/mol. The van der Waals surface area contributed by atoms with Crippen LogP contribution in [0.15, 0.2) is 6.33 Å². The highest BCUT2D eigenvalue weighted by molar-refractivity contribution is 6.28. The summed E-state index contributed by atoms with van der Waals surface area (Å²) in [6, 6.07) is 0.432. The second kappa shape index (κ2) is 4.63. The maximum absolute atomic E-state index is 5.94. The topological polar surface area (TPSA) is 66.5 Å². The Morgan fingerprint density at radius 2 is 2.26 bits per heavy atom. The molecule has 102 valence electrons. The largest absolute Gasteiger partial charge is 0.365 e. The fourth-order valence-corrected chi connectivity index (χ4v) is 3.09. The van der Waals surface area contributed by atoms with Crippen molar-refractivity contribution in [3.05, 3.63) is 11.6 Å². The van der Waals surface area contributed by atoms with Crippen molar-refractivity contribution in [3.8, 4) is 0 Å². The second-order valence-electron chi connectivity index (χ2n) is 6.04. The van der Waals surface area contributed by atoms with Crippen molar-refractivity contribution >= 4 is 28.6 Å². The van der Waals surface area contributed by atoms with Crippen molar-refractivity contribution in [2.75, 3.05) is 5.32 Å². The van der Waals surface area contributed by atoms with Crippen molar-refractivity contribution in [3.63, 3.8) is 0 Å². The Bertz CT molecular complexity index is 592. The van der Waals surface area contributed by atoms with Crippen LogP contribution in [0.2, 0.25) is 5.28 Å². The van der Waals surface area contributed by atoms with Crippen LogP contribution in [-0.2, 0) is 0 Å². The molecule has 1 saturated carbocycles. The first-order valence-corrected chi connectivity index (χ1v) is 7.04. The molecular weight excluding hydrogens is 262 g/mol. The van der Waals surface area contributed by atoms with Gasteiger partial charge in [-0.2, -0.15) is 9.97 Å². The summed E-state index contributed by atoms with van der Waals surface area (Å²) in [5, 5.41) is 3.73. The molecule has 6 heteroatoms. The van der Waals surface area contributed by atoms with E-state index in [-0.39, 0.29) is 5.28 Å². The average molecular weight is 280 g/mol. The van der Waals surface area contributed by atoms with E-state index in [1.807, 2.05) is 0 Å².